The van der Waals surface area contributed by atoms with Crippen molar-refractivity contribution in [2.75, 3.05) is 21.2 Å². The lowest BCUT2D eigenvalue weighted by atomic mass is 10.1. The Balaban J connectivity index is 2.44. The van der Waals surface area contributed by atoms with Gasteiger partial charge in [0.1, 0.15) is 5.75 Å². The van der Waals surface area contributed by atoms with Crippen molar-refractivity contribution in [3.8, 4) is 5.75 Å². The second-order valence-electron chi connectivity index (χ2n) is 4.16. The van der Waals surface area contributed by atoms with Crippen LogP contribution in [-0.4, -0.2) is 37.0 Å². The predicted octanol–water partition coefficient (Wildman–Crippen LogP) is 1.81. The van der Waals surface area contributed by atoms with Crippen LogP contribution in [0.2, 0.25) is 0 Å². The lowest BCUT2D eigenvalue weighted by Crippen LogP contribution is -2.23. The van der Waals surface area contributed by atoms with Gasteiger partial charge in [0, 0.05) is 31.2 Å². The number of likely N-dealkylation sites (N-methyl/N-ethyl adjacent to an activating group) is 1. The summed E-state index contributed by atoms with van der Waals surface area (Å²) in [5.74, 6) is 0.877. The fraction of sp³-hybridized carbons (Fsp3) is 0.308. The van der Waals surface area contributed by atoms with Crippen LogP contribution in [0, 0.1) is 0 Å². The summed E-state index contributed by atoms with van der Waals surface area (Å²) >= 11 is 0. The SMILES string of the molecule is COc1cccc2[nH]cc(CC(=O)N(C)C)c12. The lowest BCUT2D eigenvalue weighted by molar-refractivity contribution is -0.127. The Morgan fingerprint density at radius 2 is 2.18 bits per heavy atom. The molecule has 0 bridgehead atoms. The molecule has 1 N–H and O–H groups in total. The van der Waals surface area contributed by atoms with Gasteiger partial charge in [-0.25, -0.2) is 0 Å². The minimum Gasteiger partial charge on any atom is -0.496 e. The number of hydrogen-bond donors (Lipinski definition) is 1. The van der Waals surface area contributed by atoms with Crippen molar-refractivity contribution in [2.45, 2.75) is 6.42 Å². The van der Waals surface area contributed by atoms with Crippen LogP contribution in [0.25, 0.3) is 10.9 Å². The highest BCUT2D eigenvalue weighted by atomic mass is 16.5. The van der Waals surface area contributed by atoms with Crippen molar-refractivity contribution in [2.24, 2.45) is 0 Å². The summed E-state index contributed by atoms with van der Waals surface area (Å²) in [6.45, 7) is 0. The molecule has 0 aliphatic heterocycles. The molecule has 90 valence electrons. The molecule has 1 aromatic carbocycles. The van der Waals surface area contributed by atoms with E-state index in [-0.39, 0.29) is 5.91 Å². The van der Waals surface area contributed by atoms with E-state index in [0.29, 0.717) is 6.42 Å². The minimum absolute atomic E-state index is 0.0804. The first kappa shape index (κ1) is 11.5. The molecule has 4 nitrogen and oxygen atoms in total. The van der Waals surface area contributed by atoms with Crippen molar-refractivity contribution in [3.63, 3.8) is 0 Å². The summed E-state index contributed by atoms with van der Waals surface area (Å²) in [4.78, 5) is 16.5. The van der Waals surface area contributed by atoms with Crippen LogP contribution in [0.5, 0.6) is 5.75 Å². The molecule has 1 heterocycles. The van der Waals surface area contributed by atoms with Crippen LogP contribution in [-0.2, 0) is 11.2 Å². The minimum atomic E-state index is 0.0804. The molecule has 1 amide bonds. The summed E-state index contributed by atoms with van der Waals surface area (Å²) in [7, 11) is 5.15. The van der Waals surface area contributed by atoms with Crippen molar-refractivity contribution in [1.82, 2.24) is 9.88 Å². The number of nitrogens with one attached hydrogen (secondary N) is 1. The van der Waals surface area contributed by atoms with Gasteiger partial charge in [0.2, 0.25) is 5.91 Å². The van der Waals surface area contributed by atoms with Crippen molar-refractivity contribution in [3.05, 3.63) is 30.0 Å². The summed E-state index contributed by atoms with van der Waals surface area (Å²) < 4.78 is 5.32. The molecule has 0 fully saturated rings. The number of aromatic nitrogens is 1. The van der Waals surface area contributed by atoms with Gasteiger partial charge in [-0.1, -0.05) is 6.07 Å². The van der Waals surface area contributed by atoms with Gasteiger partial charge in [-0.2, -0.15) is 0 Å². The Kier molecular flexibility index (Phi) is 3.04. The topological polar surface area (TPSA) is 45.3 Å². The van der Waals surface area contributed by atoms with Crippen LogP contribution in [0.1, 0.15) is 5.56 Å². The fourth-order valence-electron chi connectivity index (χ4n) is 1.85. The van der Waals surface area contributed by atoms with E-state index < -0.39 is 0 Å². The van der Waals surface area contributed by atoms with Crippen LogP contribution < -0.4 is 4.74 Å². The maximum Gasteiger partial charge on any atom is 0.226 e. The molecule has 0 saturated heterocycles. The van der Waals surface area contributed by atoms with Gasteiger partial charge >= 0.3 is 0 Å². The molecule has 17 heavy (non-hydrogen) atoms. The number of nitrogens with zero attached hydrogens (tertiary/aromatic N) is 1. The molecule has 0 atom stereocenters. The second kappa shape index (κ2) is 4.49. The predicted molar refractivity (Wildman–Crippen MR) is 67.2 cm³/mol. The smallest absolute Gasteiger partial charge is 0.226 e. The monoisotopic (exact) mass is 232 g/mol. The Hall–Kier alpha value is -1.97. The van der Waals surface area contributed by atoms with Gasteiger partial charge in [0.25, 0.3) is 0 Å². The van der Waals surface area contributed by atoms with E-state index in [1.807, 2.05) is 24.4 Å². The quantitative estimate of drug-likeness (QED) is 0.877. The van der Waals surface area contributed by atoms with E-state index in [4.69, 9.17) is 4.74 Å². The summed E-state index contributed by atoms with van der Waals surface area (Å²) in [5.41, 5.74) is 1.96. The van der Waals surface area contributed by atoms with Gasteiger partial charge in [-0.05, 0) is 17.7 Å². The molecule has 0 saturated carbocycles. The summed E-state index contributed by atoms with van der Waals surface area (Å²) in [6.07, 6.45) is 2.25. The third kappa shape index (κ3) is 2.11. The summed E-state index contributed by atoms with van der Waals surface area (Å²) in [5, 5.41) is 0.991. The molecule has 0 radical (unpaired) electrons. The molecule has 0 unspecified atom stereocenters. The third-order valence-corrected chi connectivity index (χ3v) is 2.81. The first-order chi connectivity index (χ1) is 8.13. The Bertz CT molecular complexity index is 543. The van der Waals surface area contributed by atoms with Crippen molar-refractivity contribution >= 4 is 16.8 Å². The normalized spacial score (nSPS) is 10.5. The molecule has 0 aliphatic carbocycles. The molecule has 0 aliphatic rings. The van der Waals surface area contributed by atoms with Gasteiger partial charge in [-0.15, -0.1) is 0 Å². The number of carbonyl (C=O) groups excluding carboxylic acids is 1. The molecule has 4 heteroatoms. The number of fused-ring (bicyclic) bond motifs is 1. The standard InChI is InChI=1S/C13H16N2O2/c1-15(2)12(16)7-9-8-14-10-5-4-6-11(17-3)13(9)10/h4-6,8,14H,7H2,1-3H3. The van der Waals surface area contributed by atoms with E-state index in [1.54, 1.807) is 26.1 Å². The van der Waals surface area contributed by atoms with Crippen LogP contribution >= 0.6 is 0 Å². The zero-order valence-electron chi connectivity index (χ0n) is 10.3. The van der Waals surface area contributed by atoms with Crippen molar-refractivity contribution in [1.29, 1.82) is 0 Å². The third-order valence-electron chi connectivity index (χ3n) is 2.81. The highest BCUT2D eigenvalue weighted by Gasteiger charge is 2.13. The Morgan fingerprint density at radius 1 is 1.41 bits per heavy atom. The molecule has 1 aromatic heterocycles. The molecular weight excluding hydrogens is 216 g/mol. The van der Waals surface area contributed by atoms with Crippen molar-refractivity contribution < 1.29 is 9.53 Å². The van der Waals surface area contributed by atoms with E-state index in [1.165, 1.54) is 0 Å². The van der Waals surface area contributed by atoms with E-state index in [9.17, 15) is 4.79 Å². The molecule has 2 aromatic rings. The second-order valence-corrected chi connectivity index (χ2v) is 4.16. The number of amides is 1. The highest BCUT2D eigenvalue weighted by molar-refractivity contribution is 5.93. The lowest BCUT2D eigenvalue weighted by Gasteiger charge is -2.10. The summed E-state index contributed by atoms with van der Waals surface area (Å²) in [6, 6.07) is 5.80. The maximum atomic E-state index is 11.7. The largest absolute Gasteiger partial charge is 0.496 e. The zero-order valence-corrected chi connectivity index (χ0v) is 10.3. The number of benzene rings is 1. The average Bonchev–Trinajstić information content (AvgIpc) is 2.72. The van der Waals surface area contributed by atoms with Gasteiger partial charge in [-0.3, -0.25) is 4.79 Å². The van der Waals surface area contributed by atoms with E-state index >= 15 is 0 Å². The van der Waals surface area contributed by atoms with Gasteiger partial charge in [0.05, 0.1) is 13.5 Å². The maximum absolute atomic E-state index is 11.7. The molecule has 2 rings (SSSR count). The zero-order chi connectivity index (χ0) is 12.4. The first-order valence-corrected chi connectivity index (χ1v) is 5.46. The number of ether oxygens (including phenoxy) is 1. The van der Waals surface area contributed by atoms with Crippen LogP contribution in [0.4, 0.5) is 0 Å². The number of methoxy groups -OCH3 is 1. The number of aromatic amines is 1. The number of rotatable bonds is 3. The molecule has 0 spiro atoms. The average molecular weight is 232 g/mol. The number of carbonyl (C=O) groups is 1. The van der Waals surface area contributed by atoms with E-state index in [0.717, 1.165) is 22.2 Å². The van der Waals surface area contributed by atoms with Crippen LogP contribution in [0.15, 0.2) is 24.4 Å². The van der Waals surface area contributed by atoms with Gasteiger partial charge in [0.15, 0.2) is 0 Å². The first-order valence-electron chi connectivity index (χ1n) is 5.46. The Morgan fingerprint density at radius 3 is 2.82 bits per heavy atom. The Labute approximate surface area is 100 Å². The number of H-pyrrole nitrogens is 1. The van der Waals surface area contributed by atoms with Gasteiger partial charge < -0.3 is 14.6 Å². The molecular formula is C13H16N2O2. The number of hydrogen-bond acceptors (Lipinski definition) is 2. The fourth-order valence-corrected chi connectivity index (χ4v) is 1.85. The van der Waals surface area contributed by atoms with Crippen LogP contribution in [0.3, 0.4) is 0 Å². The highest BCUT2D eigenvalue weighted by Crippen LogP contribution is 2.28. The van der Waals surface area contributed by atoms with E-state index in [2.05, 4.69) is 4.98 Å².